The Morgan fingerprint density at radius 2 is 1.07 bits per heavy atom. The molecule has 0 saturated heterocycles. The molecule has 2 aliphatic carbocycles. The van der Waals surface area contributed by atoms with Gasteiger partial charge in [0.05, 0.1) is 11.4 Å². The fraction of sp³-hybridized carbons (Fsp3) is 0.452. The molecular formula is C31H37Cl3N5V. The topological polar surface area (TPSA) is 62.3 Å². The van der Waals surface area contributed by atoms with Gasteiger partial charge in [0.15, 0.2) is 11.7 Å². The molecule has 0 aromatic carbocycles. The molecule has 2 unspecified atom stereocenters. The summed E-state index contributed by atoms with van der Waals surface area (Å²) in [5.74, 6) is 1.39. The van der Waals surface area contributed by atoms with Gasteiger partial charge in [-0.3, -0.25) is 9.98 Å². The molecule has 0 spiro atoms. The number of fused-ring (bicyclic) bond motifs is 2. The Morgan fingerprint density at radius 3 is 1.50 bits per heavy atom. The van der Waals surface area contributed by atoms with Gasteiger partial charge >= 0.3 is 18.6 Å². The SMILES string of the molecule is CCCCCCC1=CC2=NC(c3cccc(C4=NC5C=CC(CCCCCC)=CC5=N4)n3)=NC2C=C1.[Cl-].[Cl-].[Cl-].[V+3]. The molecule has 3 heterocycles. The van der Waals surface area contributed by atoms with Gasteiger partial charge in [0.1, 0.15) is 23.5 Å². The van der Waals surface area contributed by atoms with Crippen LogP contribution in [-0.4, -0.2) is 40.2 Å². The number of hydrogen-bond donors (Lipinski definition) is 0. The smallest absolute Gasteiger partial charge is 1.00 e. The van der Waals surface area contributed by atoms with Crippen LogP contribution < -0.4 is 37.2 Å². The molecule has 0 fully saturated rings. The fourth-order valence-corrected chi connectivity index (χ4v) is 5.01. The molecule has 2 aliphatic heterocycles. The van der Waals surface area contributed by atoms with E-state index in [-0.39, 0.29) is 67.9 Å². The minimum atomic E-state index is 0. The molecule has 40 heavy (non-hydrogen) atoms. The summed E-state index contributed by atoms with van der Waals surface area (Å²) in [6.45, 7) is 4.50. The first-order valence-electron chi connectivity index (χ1n) is 13.8. The molecule has 0 amide bonds. The first-order chi connectivity index (χ1) is 17.7. The predicted molar refractivity (Wildman–Crippen MR) is 152 cm³/mol. The van der Waals surface area contributed by atoms with E-state index in [9.17, 15) is 0 Å². The van der Waals surface area contributed by atoms with Crippen LogP contribution in [0.2, 0.25) is 0 Å². The van der Waals surface area contributed by atoms with Crippen LogP contribution >= 0.6 is 0 Å². The van der Waals surface area contributed by atoms with E-state index in [1.54, 1.807) is 0 Å². The van der Waals surface area contributed by atoms with Crippen molar-refractivity contribution in [2.75, 3.05) is 0 Å². The molecule has 0 saturated carbocycles. The van der Waals surface area contributed by atoms with Crippen molar-refractivity contribution in [1.82, 2.24) is 4.98 Å². The summed E-state index contributed by atoms with van der Waals surface area (Å²) in [4.78, 5) is 24.2. The molecule has 9 heteroatoms. The van der Waals surface area contributed by atoms with E-state index in [1.807, 2.05) is 18.2 Å². The van der Waals surface area contributed by atoms with Crippen molar-refractivity contribution in [3.63, 3.8) is 0 Å². The second kappa shape index (κ2) is 17.9. The maximum absolute atomic E-state index is 4.87. The van der Waals surface area contributed by atoms with Crippen molar-refractivity contribution in [2.45, 2.75) is 90.1 Å². The van der Waals surface area contributed by atoms with E-state index < -0.39 is 0 Å². The predicted octanol–water partition coefficient (Wildman–Crippen LogP) is -1.84. The molecule has 1 aromatic rings. The third-order valence-electron chi connectivity index (χ3n) is 7.10. The maximum atomic E-state index is 4.87. The molecular weight excluding hydrogens is 600 g/mol. The zero-order valence-electron chi connectivity index (χ0n) is 23.2. The van der Waals surface area contributed by atoms with Gasteiger partial charge in [-0.25, -0.2) is 15.0 Å². The maximum Gasteiger partial charge on any atom is 3.00 e. The number of nitrogens with zero attached hydrogens (tertiary/aromatic N) is 5. The van der Waals surface area contributed by atoms with Crippen LogP contribution in [0.4, 0.5) is 0 Å². The average Bonchev–Trinajstić information content (AvgIpc) is 3.53. The van der Waals surface area contributed by atoms with Crippen molar-refractivity contribution >= 4 is 23.1 Å². The summed E-state index contributed by atoms with van der Waals surface area (Å²) in [6, 6.07) is 5.97. The summed E-state index contributed by atoms with van der Waals surface area (Å²) < 4.78 is 0. The summed E-state index contributed by atoms with van der Waals surface area (Å²) in [6.07, 6.45) is 25.6. The van der Waals surface area contributed by atoms with Crippen molar-refractivity contribution in [3.05, 3.63) is 77.2 Å². The molecule has 5 nitrogen and oxygen atoms in total. The first kappa shape index (κ1) is 36.3. The second-order valence-corrected chi connectivity index (χ2v) is 10.1. The Balaban J connectivity index is 0.00000200. The number of rotatable bonds is 12. The van der Waals surface area contributed by atoms with Crippen LogP contribution in [0.15, 0.2) is 85.8 Å². The largest absolute Gasteiger partial charge is 3.00 e. The van der Waals surface area contributed by atoms with Crippen LogP contribution in [0.5, 0.6) is 0 Å². The number of unbranched alkanes of at least 4 members (excludes halogenated alkanes) is 6. The van der Waals surface area contributed by atoms with Gasteiger partial charge in [0.2, 0.25) is 0 Å². The van der Waals surface area contributed by atoms with E-state index >= 15 is 0 Å². The molecule has 212 valence electrons. The minimum Gasteiger partial charge on any atom is -1.00 e. The second-order valence-electron chi connectivity index (χ2n) is 10.1. The van der Waals surface area contributed by atoms with Crippen LogP contribution in [0, 0.1) is 0 Å². The number of pyridine rings is 1. The van der Waals surface area contributed by atoms with Gasteiger partial charge in [0, 0.05) is 0 Å². The van der Waals surface area contributed by atoms with E-state index in [2.05, 4.69) is 50.3 Å². The first-order valence-corrected chi connectivity index (χ1v) is 13.8. The van der Waals surface area contributed by atoms with Gasteiger partial charge in [-0.15, -0.1) is 0 Å². The summed E-state index contributed by atoms with van der Waals surface area (Å²) in [5.41, 5.74) is 6.31. The number of allylic oxidation sites excluding steroid dienone is 4. The molecule has 0 radical (unpaired) electrons. The standard InChI is InChI=1S/C31H37N5.3ClH.V/c1-3-5-7-9-12-22-16-18-24-28(20-22)35-30(33-24)26-14-11-15-27(32-26)31-34-25-19-17-23(21-29(25)36-31)13-10-8-6-4-2;;;;/h11,14-21,24-25H,3-10,12-13H2,1-2H3;3*1H;/q;;;;+3/p-3. The third-order valence-corrected chi connectivity index (χ3v) is 7.10. The molecule has 2 atom stereocenters. The molecule has 4 aliphatic rings. The van der Waals surface area contributed by atoms with Gasteiger partial charge in [-0.05, 0) is 61.1 Å². The van der Waals surface area contributed by atoms with Gasteiger partial charge in [-0.1, -0.05) is 82.7 Å². The summed E-state index contributed by atoms with van der Waals surface area (Å²) in [5, 5.41) is 0. The normalized spacial score (nSPS) is 19.6. The van der Waals surface area contributed by atoms with Crippen LogP contribution in [0.25, 0.3) is 0 Å². The number of aromatic nitrogens is 1. The van der Waals surface area contributed by atoms with Gasteiger partial charge in [-0.2, -0.15) is 0 Å². The Labute approximate surface area is 269 Å². The van der Waals surface area contributed by atoms with Crippen molar-refractivity contribution < 1.29 is 55.8 Å². The van der Waals surface area contributed by atoms with Gasteiger partial charge < -0.3 is 37.2 Å². The molecule has 0 N–H and O–H groups in total. The minimum absolute atomic E-state index is 0. The zero-order valence-corrected chi connectivity index (χ0v) is 26.9. The Kier molecular flexibility index (Phi) is 16.3. The van der Waals surface area contributed by atoms with Crippen LogP contribution in [0.1, 0.15) is 89.4 Å². The number of halogens is 3. The Hall–Kier alpha value is -1.76. The van der Waals surface area contributed by atoms with E-state index in [4.69, 9.17) is 25.0 Å². The fourth-order valence-electron chi connectivity index (χ4n) is 5.01. The average molecular weight is 637 g/mol. The van der Waals surface area contributed by atoms with Crippen molar-refractivity contribution in [1.29, 1.82) is 0 Å². The quantitative estimate of drug-likeness (QED) is 0.249. The van der Waals surface area contributed by atoms with Crippen molar-refractivity contribution in [2.24, 2.45) is 20.0 Å². The molecule has 1 aromatic heterocycles. The molecule has 5 rings (SSSR count). The van der Waals surface area contributed by atoms with Crippen LogP contribution in [-0.2, 0) is 18.6 Å². The van der Waals surface area contributed by atoms with Crippen LogP contribution in [0.3, 0.4) is 0 Å². The Morgan fingerprint density at radius 1 is 0.625 bits per heavy atom. The zero-order chi connectivity index (χ0) is 24.7. The third kappa shape index (κ3) is 9.12. The van der Waals surface area contributed by atoms with E-state index in [0.29, 0.717) is 11.7 Å². The number of amidine groups is 2. The van der Waals surface area contributed by atoms with E-state index in [0.717, 1.165) is 35.7 Å². The van der Waals surface area contributed by atoms with Crippen molar-refractivity contribution in [3.8, 4) is 0 Å². The number of hydrogen-bond acceptors (Lipinski definition) is 5. The van der Waals surface area contributed by atoms with Gasteiger partial charge in [0.25, 0.3) is 0 Å². The molecule has 0 bridgehead atoms. The summed E-state index contributed by atoms with van der Waals surface area (Å²) in [7, 11) is 0. The summed E-state index contributed by atoms with van der Waals surface area (Å²) >= 11 is 0. The Bertz CT molecular complexity index is 1150. The van der Waals surface area contributed by atoms with E-state index in [1.165, 1.54) is 62.5 Å². The number of aliphatic imine (C=N–C) groups is 4. The monoisotopic (exact) mass is 635 g/mol.